The predicted octanol–water partition coefficient (Wildman–Crippen LogP) is 4.74. The summed E-state index contributed by atoms with van der Waals surface area (Å²) < 4.78 is 14.9. The molecule has 4 rings (SSSR count). The largest absolute Gasteiger partial charge is 0.338 e. The van der Waals surface area contributed by atoms with Crippen LogP contribution in [0.5, 0.6) is 0 Å². The fourth-order valence-electron chi connectivity index (χ4n) is 4.36. The van der Waals surface area contributed by atoms with Gasteiger partial charge in [-0.25, -0.2) is 9.07 Å². The number of nitrogens with one attached hydrogen (secondary N) is 1. The smallest absolute Gasteiger partial charge is 0.278 e. The molecule has 0 saturated carbocycles. The number of hydrogen-bond donors (Lipinski definition) is 1. The maximum atomic E-state index is 13.5. The molecule has 2 amide bonds. The standard InChI is InChI=1S/C24H25ClFN5O2/c1-14-10-15(2)13-30(12-14)24(33)18-6-4-5-7-21(18)27-23(32)22-16(3)31(29-28-22)17-8-9-20(26)19(25)11-17/h4-9,11,14-15H,10,12-13H2,1-3H3,(H,27,32). The Kier molecular flexibility index (Phi) is 6.47. The minimum atomic E-state index is -0.546. The minimum absolute atomic E-state index is 0.0535. The quantitative estimate of drug-likeness (QED) is 0.598. The number of benzene rings is 2. The highest BCUT2D eigenvalue weighted by Crippen LogP contribution is 2.26. The van der Waals surface area contributed by atoms with E-state index in [0.717, 1.165) is 6.42 Å². The second kappa shape index (κ2) is 9.31. The summed E-state index contributed by atoms with van der Waals surface area (Å²) in [6, 6.07) is 11.1. The van der Waals surface area contributed by atoms with Crippen molar-refractivity contribution >= 4 is 29.1 Å². The maximum Gasteiger partial charge on any atom is 0.278 e. The highest BCUT2D eigenvalue weighted by molar-refractivity contribution is 6.30. The number of halogens is 2. The van der Waals surface area contributed by atoms with Crippen LogP contribution in [0.2, 0.25) is 5.02 Å². The van der Waals surface area contributed by atoms with E-state index in [-0.39, 0.29) is 16.6 Å². The molecular weight excluding hydrogens is 445 g/mol. The molecule has 172 valence electrons. The van der Waals surface area contributed by atoms with Crippen LogP contribution >= 0.6 is 11.6 Å². The number of anilines is 1. The van der Waals surface area contributed by atoms with Gasteiger partial charge in [-0.2, -0.15) is 0 Å². The first kappa shape index (κ1) is 22.9. The first-order chi connectivity index (χ1) is 15.7. The number of nitrogens with zero attached hydrogens (tertiary/aromatic N) is 4. The van der Waals surface area contributed by atoms with Crippen LogP contribution in [-0.2, 0) is 0 Å². The maximum absolute atomic E-state index is 13.5. The molecule has 1 fully saturated rings. The Labute approximate surface area is 196 Å². The van der Waals surface area contributed by atoms with E-state index in [1.54, 1.807) is 31.2 Å². The molecule has 0 aliphatic carbocycles. The van der Waals surface area contributed by atoms with Gasteiger partial charge in [-0.15, -0.1) is 5.10 Å². The van der Waals surface area contributed by atoms with E-state index in [1.807, 2.05) is 4.90 Å². The van der Waals surface area contributed by atoms with Crippen molar-refractivity contribution in [2.75, 3.05) is 18.4 Å². The van der Waals surface area contributed by atoms with Crippen molar-refractivity contribution in [1.29, 1.82) is 0 Å². The lowest BCUT2D eigenvalue weighted by Crippen LogP contribution is -2.42. The molecule has 2 heterocycles. The molecule has 0 radical (unpaired) electrons. The SMILES string of the molecule is Cc1c(C(=O)Nc2ccccc2C(=O)N2CC(C)CC(C)C2)nnn1-c1ccc(F)c(Cl)c1. The van der Waals surface area contributed by atoms with Gasteiger partial charge in [0.2, 0.25) is 0 Å². The molecule has 0 spiro atoms. The van der Waals surface area contributed by atoms with Crippen LogP contribution < -0.4 is 5.32 Å². The van der Waals surface area contributed by atoms with Crippen molar-refractivity contribution in [3.8, 4) is 5.69 Å². The van der Waals surface area contributed by atoms with E-state index in [9.17, 15) is 14.0 Å². The summed E-state index contributed by atoms with van der Waals surface area (Å²) in [5.41, 5.74) is 1.88. The third kappa shape index (κ3) is 4.75. The Hall–Kier alpha value is -3.26. The number of amides is 2. The van der Waals surface area contributed by atoms with Crippen molar-refractivity contribution in [1.82, 2.24) is 19.9 Å². The predicted molar refractivity (Wildman–Crippen MR) is 124 cm³/mol. The molecule has 2 unspecified atom stereocenters. The Morgan fingerprint density at radius 3 is 2.52 bits per heavy atom. The number of aromatic nitrogens is 3. The first-order valence-electron chi connectivity index (χ1n) is 10.8. The summed E-state index contributed by atoms with van der Waals surface area (Å²) in [6.45, 7) is 7.35. The van der Waals surface area contributed by atoms with E-state index in [0.29, 0.717) is 47.6 Å². The highest BCUT2D eigenvalue weighted by atomic mass is 35.5. The number of para-hydroxylation sites is 1. The Balaban J connectivity index is 1.57. The molecule has 9 heteroatoms. The number of rotatable bonds is 4. The molecular formula is C24H25ClFN5O2. The number of carbonyl (C=O) groups is 2. The van der Waals surface area contributed by atoms with Gasteiger partial charge in [0.05, 0.1) is 27.7 Å². The molecule has 1 N–H and O–H groups in total. The molecule has 0 bridgehead atoms. The zero-order valence-corrected chi connectivity index (χ0v) is 19.4. The molecule has 1 aromatic heterocycles. The number of likely N-dealkylation sites (tertiary alicyclic amines) is 1. The zero-order valence-electron chi connectivity index (χ0n) is 18.7. The molecule has 2 aromatic carbocycles. The molecule has 1 aliphatic rings. The third-order valence-electron chi connectivity index (χ3n) is 5.82. The summed E-state index contributed by atoms with van der Waals surface area (Å²) in [7, 11) is 0. The summed E-state index contributed by atoms with van der Waals surface area (Å²) >= 11 is 5.87. The van der Waals surface area contributed by atoms with Gasteiger partial charge in [-0.3, -0.25) is 9.59 Å². The average Bonchev–Trinajstić information content (AvgIpc) is 3.16. The Bertz CT molecular complexity index is 1200. The minimum Gasteiger partial charge on any atom is -0.338 e. The zero-order chi connectivity index (χ0) is 23.7. The Morgan fingerprint density at radius 1 is 1.12 bits per heavy atom. The van der Waals surface area contributed by atoms with Crippen molar-refractivity contribution in [2.45, 2.75) is 27.2 Å². The van der Waals surface area contributed by atoms with E-state index >= 15 is 0 Å². The summed E-state index contributed by atoms with van der Waals surface area (Å²) in [6.07, 6.45) is 1.09. The summed E-state index contributed by atoms with van der Waals surface area (Å²) in [4.78, 5) is 28.1. The van der Waals surface area contributed by atoms with Crippen molar-refractivity contribution in [2.24, 2.45) is 11.8 Å². The van der Waals surface area contributed by atoms with Crippen LogP contribution in [0.4, 0.5) is 10.1 Å². The van der Waals surface area contributed by atoms with Crippen molar-refractivity contribution in [3.63, 3.8) is 0 Å². The topological polar surface area (TPSA) is 80.1 Å². The number of piperidine rings is 1. The van der Waals surface area contributed by atoms with Crippen LogP contribution in [0, 0.1) is 24.6 Å². The second-order valence-corrected chi connectivity index (χ2v) is 9.10. The monoisotopic (exact) mass is 469 g/mol. The fourth-order valence-corrected chi connectivity index (χ4v) is 4.54. The van der Waals surface area contributed by atoms with Crippen LogP contribution in [0.25, 0.3) is 5.69 Å². The van der Waals surface area contributed by atoms with Crippen LogP contribution in [0.15, 0.2) is 42.5 Å². The molecule has 1 saturated heterocycles. The summed E-state index contributed by atoms with van der Waals surface area (Å²) in [5.74, 6) is -0.289. The number of hydrogen-bond acceptors (Lipinski definition) is 4. The van der Waals surface area contributed by atoms with Gasteiger partial charge in [0.1, 0.15) is 5.82 Å². The lowest BCUT2D eigenvalue weighted by molar-refractivity contribution is 0.0624. The molecule has 1 aliphatic heterocycles. The number of carbonyl (C=O) groups excluding carboxylic acids is 2. The second-order valence-electron chi connectivity index (χ2n) is 8.69. The van der Waals surface area contributed by atoms with Crippen molar-refractivity contribution < 1.29 is 14.0 Å². The van der Waals surface area contributed by atoms with E-state index in [2.05, 4.69) is 29.5 Å². The van der Waals surface area contributed by atoms with Gasteiger partial charge in [0.15, 0.2) is 5.69 Å². The van der Waals surface area contributed by atoms with Gasteiger partial charge in [0.25, 0.3) is 11.8 Å². The molecule has 33 heavy (non-hydrogen) atoms. The third-order valence-corrected chi connectivity index (χ3v) is 6.11. The molecule has 3 aromatic rings. The first-order valence-corrected chi connectivity index (χ1v) is 11.2. The highest BCUT2D eigenvalue weighted by Gasteiger charge is 2.28. The van der Waals surface area contributed by atoms with Gasteiger partial charge in [-0.05, 0) is 55.5 Å². The Morgan fingerprint density at radius 2 is 1.82 bits per heavy atom. The lowest BCUT2D eigenvalue weighted by Gasteiger charge is -2.35. The van der Waals surface area contributed by atoms with Gasteiger partial charge >= 0.3 is 0 Å². The molecule has 2 atom stereocenters. The average molecular weight is 470 g/mol. The van der Waals surface area contributed by atoms with Crippen LogP contribution in [0.3, 0.4) is 0 Å². The van der Waals surface area contributed by atoms with Crippen LogP contribution in [-0.4, -0.2) is 44.8 Å². The lowest BCUT2D eigenvalue weighted by atomic mass is 9.91. The van der Waals surface area contributed by atoms with E-state index in [4.69, 9.17) is 11.6 Å². The van der Waals surface area contributed by atoms with E-state index in [1.165, 1.54) is 22.9 Å². The van der Waals surface area contributed by atoms with Gasteiger partial charge in [-0.1, -0.05) is 42.8 Å². The van der Waals surface area contributed by atoms with Crippen LogP contribution in [0.1, 0.15) is 46.8 Å². The normalized spacial score (nSPS) is 18.3. The van der Waals surface area contributed by atoms with Crippen molar-refractivity contribution in [3.05, 3.63) is 70.3 Å². The molecule has 7 nitrogen and oxygen atoms in total. The van der Waals surface area contributed by atoms with E-state index < -0.39 is 11.7 Å². The summed E-state index contributed by atoms with van der Waals surface area (Å²) in [5, 5.41) is 10.8. The van der Waals surface area contributed by atoms with Gasteiger partial charge < -0.3 is 10.2 Å². The van der Waals surface area contributed by atoms with Gasteiger partial charge in [0, 0.05) is 13.1 Å². The fraction of sp³-hybridized carbons (Fsp3) is 0.333.